The molecule has 0 saturated heterocycles. The minimum absolute atomic E-state index is 0.287. The summed E-state index contributed by atoms with van der Waals surface area (Å²) < 4.78 is 0. The molecular weight excluding hydrogens is 202 g/mol. The monoisotopic (exact) mass is 229 g/mol. The van der Waals surface area contributed by atoms with E-state index in [0.717, 1.165) is 19.5 Å². The van der Waals surface area contributed by atoms with Crippen molar-refractivity contribution >= 4 is 11.7 Å². The summed E-state index contributed by atoms with van der Waals surface area (Å²) in [5.41, 5.74) is 5.35. The van der Waals surface area contributed by atoms with E-state index in [4.69, 9.17) is 5.73 Å². The molecular formula is C12H27N3O. The average Bonchev–Trinajstić information content (AvgIpc) is 2.53. The zero-order valence-electron chi connectivity index (χ0n) is 11.6. The van der Waals surface area contributed by atoms with Gasteiger partial charge in [0.2, 0.25) is 0 Å². The van der Waals surface area contributed by atoms with Crippen LogP contribution in [0.4, 0.5) is 0 Å². The highest BCUT2D eigenvalue weighted by atomic mass is 16.1. The quantitative estimate of drug-likeness (QED) is 0.786. The molecule has 0 atom stereocenters. The standard InChI is InChI=1S/C6H12O.C4H9N3.C2H6/c1-5(2)4-6(3)7;1-7-3-2-6-4(7)5;1-2/h5H,4H2,1-3H3;2-3H2,1H3,(H2,5,6);1-2H3. The van der Waals surface area contributed by atoms with Crippen molar-refractivity contribution in [3.63, 3.8) is 0 Å². The number of carbonyl (C=O) groups excluding carboxylic acids is 1. The molecule has 0 bridgehead atoms. The number of nitrogens with zero attached hydrogens (tertiary/aromatic N) is 2. The van der Waals surface area contributed by atoms with Crippen molar-refractivity contribution in [2.24, 2.45) is 16.6 Å². The minimum atomic E-state index is 0.287. The number of hydrogen-bond acceptors (Lipinski definition) is 4. The van der Waals surface area contributed by atoms with Crippen molar-refractivity contribution < 1.29 is 4.79 Å². The molecule has 0 saturated carbocycles. The molecule has 0 spiro atoms. The smallest absolute Gasteiger partial charge is 0.191 e. The Labute approximate surface area is 99.9 Å². The van der Waals surface area contributed by atoms with Crippen LogP contribution in [-0.4, -0.2) is 36.8 Å². The van der Waals surface area contributed by atoms with E-state index in [2.05, 4.69) is 4.99 Å². The third kappa shape index (κ3) is 11.0. The second-order valence-electron chi connectivity index (χ2n) is 3.96. The number of aliphatic imine (C=N–C) groups is 1. The molecule has 0 unspecified atom stereocenters. The number of guanidine groups is 1. The van der Waals surface area contributed by atoms with Crippen molar-refractivity contribution in [1.29, 1.82) is 0 Å². The van der Waals surface area contributed by atoms with Crippen molar-refractivity contribution in [2.75, 3.05) is 20.1 Å². The van der Waals surface area contributed by atoms with Gasteiger partial charge < -0.3 is 15.4 Å². The number of rotatable bonds is 2. The predicted octanol–water partition coefficient (Wildman–Crippen LogP) is 1.89. The summed E-state index contributed by atoms with van der Waals surface area (Å²) in [6.07, 6.45) is 0.722. The summed E-state index contributed by atoms with van der Waals surface area (Å²) in [6.45, 7) is 11.6. The first-order valence-corrected chi connectivity index (χ1v) is 5.94. The second-order valence-corrected chi connectivity index (χ2v) is 3.96. The first-order chi connectivity index (χ1) is 7.43. The Morgan fingerprint density at radius 2 is 2.00 bits per heavy atom. The van der Waals surface area contributed by atoms with Gasteiger partial charge in [-0.1, -0.05) is 27.7 Å². The van der Waals surface area contributed by atoms with Crippen molar-refractivity contribution in [2.45, 2.75) is 41.0 Å². The minimum Gasteiger partial charge on any atom is -0.370 e. The fourth-order valence-electron chi connectivity index (χ4n) is 1.12. The van der Waals surface area contributed by atoms with Crippen LogP contribution in [0.5, 0.6) is 0 Å². The maximum absolute atomic E-state index is 10.3. The highest BCUT2D eigenvalue weighted by Gasteiger charge is 2.05. The van der Waals surface area contributed by atoms with Crippen LogP contribution < -0.4 is 5.73 Å². The summed E-state index contributed by atoms with van der Waals surface area (Å²) in [5.74, 6) is 1.48. The Balaban J connectivity index is 0. The van der Waals surface area contributed by atoms with Crippen LogP contribution in [0.3, 0.4) is 0 Å². The van der Waals surface area contributed by atoms with Crippen molar-refractivity contribution in [1.82, 2.24) is 4.90 Å². The van der Waals surface area contributed by atoms with Crippen LogP contribution in [0.1, 0.15) is 41.0 Å². The molecule has 0 fully saturated rings. The maximum atomic E-state index is 10.3. The van der Waals surface area contributed by atoms with Crippen LogP contribution in [0.15, 0.2) is 4.99 Å². The highest BCUT2D eigenvalue weighted by Crippen LogP contribution is 1.97. The van der Waals surface area contributed by atoms with E-state index in [9.17, 15) is 4.79 Å². The van der Waals surface area contributed by atoms with Gasteiger partial charge in [-0.3, -0.25) is 4.99 Å². The molecule has 4 heteroatoms. The van der Waals surface area contributed by atoms with Crippen LogP contribution in [0.2, 0.25) is 0 Å². The lowest BCUT2D eigenvalue weighted by atomic mass is 10.1. The van der Waals surface area contributed by atoms with Crippen LogP contribution in [-0.2, 0) is 4.79 Å². The highest BCUT2D eigenvalue weighted by molar-refractivity contribution is 5.79. The normalized spacial score (nSPS) is 13.4. The van der Waals surface area contributed by atoms with E-state index in [1.807, 2.05) is 39.6 Å². The molecule has 96 valence electrons. The van der Waals surface area contributed by atoms with E-state index >= 15 is 0 Å². The average molecular weight is 229 g/mol. The second kappa shape index (κ2) is 10.5. The third-order valence-corrected chi connectivity index (χ3v) is 1.80. The van der Waals surface area contributed by atoms with Crippen LogP contribution in [0.25, 0.3) is 0 Å². The van der Waals surface area contributed by atoms with Crippen LogP contribution in [0, 0.1) is 5.92 Å². The van der Waals surface area contributed by atoms with E-state index in [-0.39, 0.29) is 5.78 Å². The molecule has 1 aliphatic rings. The zero-order chi connectivity index (χ0) is 13.1. The van der Waals surface area contributed by atoms with Gasteiger partial charge in [-0.15, -0.1) is 0 Å². The molecule has 0 aromatic carbocycles. The molecule has 0 aromatic heterocycles. The number of carbonyl (C=O) groups is 1. The van der Waals surface area contributed by atoms with Gasteiger partial charge in [-0.2, -0.15) is 0 Å². The molecule has 0 radical (unpaired) electrons. The number of likely N-dealkylation sites (N-methyl/N-ethyl adjacent to an activating group) is 1. The Morgan fingerprint density at radius 3 is 2.06 bits per heavy atom. The van der Waals surface area contributed by atoms with Gasteiger partial charge in [-0.05, 0) is 12.8 Å². The summed E-state index contributed by atoms with van der Waals surface area (Å²) >= 11 is 0. The van der Waals surface area contributed by atoms with Gasteiger partial charge in [0.1, 0.15) is 5.78 Å². The molecule has 0 amide bonds. The van der Waals surface area contributed by atoms with Crippen molar-refractivity contribution in [3.05, 3.63) is 0 Å². The number of hydrogen-bond donors (Lipinski definition) is 1. The Morgan fingerprint density at radius 1 is 1.50 bits per heavy atom. The van der Waals surface area contributed by atoms with Gasteiger partial charge in [0, 0.05) is 20.0 Å². The van der Waals surface area contributed by atoms with Crippen LogP contribution >= 0.6 is 0 Å². The Bertz CT molecular complexity index is 212. The van der Waals surface area contributed by atoms with E-state index in [1.165, 1.54) is 0 Å². The fourth-order valence-corrected chi connectivity index (χ4v) is 1.12. The zero-order valence-corrected chi connectivity index (χ0v) is 11.6. The topological polar surface area (TPSA) is 58.7 Å². The summed E-state index contributed by atoms with van der Waals surface area (Å²) in [4.78, 5) is 16.1. The van der Waals surface area contributed by atoms with Gasteiger partial charge in [0.25, 0.3) is 0 Å². The third-order valence-electron chi connectivity index (χ3n) is 1.80. The lowest BCUT2D eigenvalue weighted by Gasteiger charge is -2.06. The molecule has 1 aliphatic heterocycles. The molecule has 0 aromatic rings. The maximum Gasteiger partial charge on any atom is 0.191 e. The first-order valence-electron chi connectivity index (χ1n) is 5.94. The number of ketones is 1. The lowest BCUT2D eigenvalue weighted by Crippen LogP contribution is -2.29. The molecule has 16 heavy (non-hydrogen) atoms. The number of nitrogens with two attached hydrogens (primary N) is 1. The largest absolute Gasteiger partial charge is 0.370 e. The van der Waals surface area contributed by atoms with Gasteiger partial charge in [0.05, 0.1) is 6.54 Å². The van der Waals surface area contributed by atoms with Gasteiger partial charge in [-0.25, -0.2) is 0 Å². The summed E-state index contributed by atoms with van der Waals surface area (Å²) in [7, 11) is 1.94. The fraction of sp³-hybridized carbons (Fsp3) is 0.833. The SMILES string of the molecule is CC.CC(=O)CC(C)C.CN1CCN=C1N. The molecule has 4 nitrogen and oxygen atoms in total. The molecule has 2 N–H and O–H groups in total. The first kappa shape index (κ1) is 17.3. The Hall–Kier alpha value is -1.06. The summed E-state index contributed by atoms with van der Waals surface area (Å²) in [5, 5.41) is 0. The Kier molecular flexibility index (Phi) is 11.3. The summed E-state index contributed by atoms with van der Waals surface area (Å²) in [6, 6.07) is 0. The predicted molar refractivity (Wildman–Crippen MR) is 70.6 cm³/mol. The lowest BCUT2D eigenvalue weighted by molar-refractivity contribution is -0.117. The molecule has 0 aliphatic carbocycles. The van der Waals surface area contributed by atoms with E-state index < -0.39 is 0 Å². The van der Waals surface area contributed by atoms with Crippen molar-refractivity contribution in [3.8, 4) is 0 Å². The van der Waals surface area contributed by atoms with Gasteiger partial charge >= 0.3 is 0 Å². The van der Waals surface area contributed by atoms with E-state index in [1.54, 1.807) is 6.92 Å². The number of Topliss-reactive ketones (excluding diaryl/α,β-unsaturated/α-hetero) is 1. The molecule has 1 heterocycles. The molecule has 1 rings (SSSR count). The van der Waals surface area contributed by atoms with E-state index in [0.29, 0.717) is 11.9 Å². The van der Waals surface area contributed by atoms with Gasteiger partial charge in [0.15, 0.2) is 5.96 Å².